The van der Waals surface area contributed by atoms with Crippen LogP contribution in [-0.2, 0) is 14.3 Å². The highest BCUT2D eigenvalue weighted by molar-refractivity contribution is 5.81. The van der Waals surface area contributed by atoms with Crippen molar-refractivity contribution in [3.8, 4) is 0 Å². The number of carbonyl (C=O) groups excluding carboxylic acids is 1. The summed E-state index contributed by atoms with van der Waals surface area (Å²) in [5.41, 5.74) is 0. The molecule has 1 amide bonds. The normalized spacial score (nSPS) is 31.5. The molecule has 1 aliphatic carbocycles. The quantitative estimate of drug-likeness (QED) is 0.743. The Hall–Kier alpha value is -0.650. The summed E-state index contributed by atoms with van der Waals surface area (Å²) in [6.45, 7) is 10.3. The largest absolute Gasteiger partial charge is 0.379 e. The summed E-state index contributed by atoms with van der Waals surface area (Å²) < 4.78 is 11.2. The summed E-state index contributed by atoms with van der Waals surface area (Å²) in [5, 5.41) is 0. The van der Waals surface area contributed by atoms with Gasteiger partial charge in [-0.25, -0.2) is 0 Å². The molecule has 126 valence electrons. The van der Waals surface area contributed by atoms with Gasteiger partial charge in [-0.1, -0.05) is 13.3 Å². The van der Waals surface area contributed by atoms with Crippen LogP contribution in [0.3, 0.4) is 0 Å². The van der Waals surface area contributed by atoms with Crippen molar-refractivity contribution in [3.05, 3.63) is 0 Å². The lowest BCUT2D eigenvalue weighted by Gasteiger charge is -2.34. The average molecular weight is 310 g/mol. The zero-order chi connectivity index (χ0) is 15.5. The van der Waals surface area contributed by atoms with Crippen LogP contribution in [0.2, 0.25) is 0 Å². The van der Waals surface area contributed by atoms with E-state index < -0.39 is 0 Å². The van der Waals surface area contributed by atoms with Gasteiger partial charge in [0.15, 0.2) is 0 Å². The molecular formula is C17H30N2O3. The van der Waals surface area contributed by atoms with Crippen molar-refractivity contribution in [1.29, 1.82) is 0 Å². The second-order valence-electron chi connectivity index (χ2n) is 7.05. The van der Waals surface area contributed by atoms with Gasteiger partial charge in [0.2, 0.25) is 0 Å². The highest BCUT2D eigenvalue weighted by Crippen LogP contribution is 2.30. The number of morpholine rings is 1. The summed E-state index contributed by atoms with van der Waals surface area (Å²) in [6, 6.07) is 0.494. The van der Waals surface area contributed by atoms with Crippen LogP contribution in [0, 0.1) is 11.8 Å². The molecule has 0 aromatic rings. The fourth-order valence-electron chi connectivity index (χ4n) is 3.65. The maximum absolute atomic E-state index is 12.6. The van der Waals surface area contributed by atoms with Crippen LogP contribution in [0.1, 0.15) is 33.1 Å². The van der Waals surface area contributed by atoms with Crippen LogP contribution in [0.4, 0.5) is 0 Å². The van der Waals surface area contributed by atoms with E-state index >= 15 is 0 Å². The van der Waals surface area contributed by atoms with Crippen molar-refractivity contribution in [1.82, 2.24) is 9.80 Å². The zero-order valence-corrected chi connectivity index (χ0v) is 14.0. The molecule has 0 unspecified atom stereocenters. The Labute approximate surface area is 133 Å². The number of hydrogen-bond acceptors (Lipinski definition) is 4. The summed E-state index contributed by atoms with van der Waals surface area (Å²) in [6.07, 6.45) is 3.37. The van der Waals surface area contributed by atoms with Crippen molar-refractivity contribution in [2.75, 3.05) is 46.0 Å². The third-order valence-electron chi connectivity index (χ3n) is 5.38. The Morgan fingerprint density at radius 2 is 2.00 bits per heavy atom. The van der Waals surface area contributed by atoms with Crippen molar-refractivity contribution in [2.45, 2.75) is 45.3 Å². The number of hydrogen-bond donors (Lipinski definition) is 0. The van der Waals surface area contributed by atoms with E-state index in [0.29, 0.717) is 17.9 Å². The number of amides is 1. The third kappa shape index (κ3) is 3.81. The zero-order valence-electron chi connectivity index (χ0n) is 14.0. The maximum Gasteiger partial charge on any atom is 0.251 e. The first-order chi connectivity index (χ1) is 10.7. The molecule has 0 N–H and O–H groups in total. The maximum atomic E-state index is 12.6. The first kappa shape index (κ1) is 16.2. The summed E-state index contributed by atoms with van der Waals surface area (Å²) in [4.78, 5) is 17.2. The Bertz CT molecular complexity index is 380. The first-order valence-corrected chi connectivity index (χ1v) is 8.91. The van der Waals surface area contributed by atoms with Gasteiger partial charge in [0.05, 0.1) is 19.8 Å². The van der Waals surface area contributed by atoms with Gasteiger partial charge in [0.25, 0.3) is 5.91 Å². The molecule has 3 fully saturated rings. The molecule has 5 nitrogen and oxygen atoms in total. The molecule has 2 saturated heterocycles. The molecule has 0 aromatic heterocycles. The summed E-state index contributed by atoms with van der Waals surface area (Å²) in [7, 11) is 0. The van der Waals surface area contributed by atoms with E-state index in [4.69, 9.17) is 9.47 Å². The van der Waals surface area contributed by atoms with Gasteiger partial charge in [0.1, 0.15) is 6.10 Å². The highest BCUT2D eigenvalue weighted by Gasteiger charge is 2.39. The van der Waals surface area contributed by atoms with Gasteiger partial charge in [-0.05, 0) is 31.6 Å². The van der Waals surface area contributed by atoms with E-state index in [1.807, 2.05) is 11.8 Å². The number of likely N-dealkylation sites (tertiary alicyclic amines) is 1. The topological polar surface area (TPSA) is 42.0 Å². The van der Waals surface area contributed by atoms with Crippen molar-refractivity contribution in [2.24, 2.45) is 11.8 Å². The Kier molecular flexibility index (Phi) is 5.37. The first-order valence-electron chi connectivity index (χ1n) is 8.91. The molecule has 2 heterocycles. The predicted molar refractivity (Wildman–Crippen MR) is 84.7 cm³/mol. The van der Waals surface area contributed by atoms with Crippen molar-refractivity contribution in [3.63, 3.8) is 0 Å². The molecule has 0 bridgehead atoms. The number of nitrogens with zero attached hydrogens (tertiary/aromatic N) is 2. The van der Waals surface area contributed by atoms with E-state index in [1.54, 1.807) is 0 Å². The molecule has 3 atom stereocenters. The lowest BCUT2D eigenvalue weighted by Crippen LogP contribution is -2.47. The molecule has 1 saturated carbocycles. The lowest BCUT2D eigenvalue weighted by atomic mass is 9.99. The van der Waals surface area contributed by atoms with Gasteiger partial charge in [-0.2, -0.15) is 0 Å². The van der Waals surface area contributed by atoms with Crippen LogP contribution in [0.15, 0.2) is 0 Å². The molecular weight excluding hydrogens is 280 g/mol. The monoisotopic (exact) mass is 310 g/mol. The van der Waals surface area contributed by atoms with Crippen LogP contribution in [-0.4, -0.2) is 73.9 Å². The molecule has 22 heavy (non-hydrogen) atoms. The van der Waals surface area contributed by atoms with Crippen molar-refractivity contribution < 1.29 is 14.3 Å². The van der Waals surface area contributed by atoms with E-state index in [1.165, 1.54) is 12.8 Å². The molecule has 0 radical (unpaired) electrons. The van der Waals surface area contributed by atoms with Crippen molar-refractivity contribution >= 4 is 5.91 Å². The van der Waals surface area contributed by atoms with E-state index in [2.05, 4.69) is 11.8 Å². The van der Waals surface area contributed by atoms with Gasteiger partial charge in [0, 0.05) is 32.2 Å². The second kappa shape index (κ2) is 7.28. The number of rotatable bonds is 6. The summed E-state index contributed by atoms with van der Waals surface area (Å²) in [5.74, 6) is 1.46. The smallest absolute Gasteiger partial charge is 0.251 e. The second-order valence-corrected chi connectivity index (χ2v) is 7.05. The highest BCUT2D eigenvalue weighted by atomic mass is 16.5. The van der Waals surface area contributed by atoms with E-state index in [9.17, 15) is 4.79 Å². The Balaban J connectivity index is 1.53. The van der Waals surface area contributed by atoms with Gasteiger partial charge in [-0.3, -0.25) is 9.69 Å². The molecule has 0 spiro atoms. The standard InChI is InChI=1S/C17H30N2O3/c1-3-15-10-19(11-16(15)18-6-8-21-9-7-18)17(20)13(2)22-12-14-4-5-14/h13-16H,3-12H2,1-2H3/t13-,15-,16+/m1/s1. The average Bonchev–Trinajstić information content (AvgIpc) is 3.29. The number of carbonyl (C=O) groups is 1. The minimum Gasteiger partial charge on any atom is -0.379 e. The lowest BCUT2D eigenvalue weighted by molar-refractivity contribution is -0.142. The SMILES string of the molecule is CC[C@@H]1CN(C(=O)[C@@H](C)OCC2CC2)C[C@@H]1N1CCOCC1. The van der Waals surface area contributed by atoms with Crippen LogP contribution in [0.25, 0.3) is 0 Å². The molecule has 5 heteroatoms. The van der Waals surface area contributed by atoms with Gasteiger partial charge in [-0.15, -0.1) is 0 Å². The minimum atomic E-state index is -0.290. The molecule has 2 aliphatic heterocycles. The summed E-state index contributed by atoms with van der Waals surface area (Å²) >= 11 is 0. The molecule has 3 aliphatic rings. The van der Waals surface area contributed by atoms with Crippen LogP contribution < -0.4 is 0 Å². The Morgan fingerprint density at radius 1 is 1.27 bits per heavy atom. The Morgan fingerprint density at radius 3 is 2.64 bits per heavy atom. The van der Waals surface area contributed by atoms with Gasteiger partial charge >= 0.3 is 0 Å². The van der Waals surface area contributed by atoms with E-state index in [0.717, 1.165) is 52.4 Å². The fourth-order valence-corrected chi connectivity index (χ4v) is 3.65. The molecule has 0 aromatic carbocycles. The van der Waals surface area contributed by atoms with Gasteiger partial charge < -0.3 is 14.4 Å². The van der Waals surface area contributed by atoms with Crippen LogP contribution >= 0.6 is 0 Å². The fraction of sp³-hybridized carbons (Fsp3) is 0.941. The van der Waals surface area contributed by atoms with E-state index in [-0.39, 0.29) is 12.0 Å². The molecule has 3 rings (SSSR count). The third-order valence-corrected chi connectivity index (χ3v) is 5.38. The number of ether oxygens (including phenoxy) is 2. The predicted octanol–water partition coefficient (Wildman–Crippen LogP) is 1.37. The van der Waals surface area contributed by atoms with Crippen LogP contribution in [0.5, 0.6) is 0 Å². The minimum absolute atomic E-state index is 0.176.